The fraction of sp³-hybridized carbons (Fsp3) is 0.800. The van der Waals surface area contributed by atoms with Crippen LogP contribution in [0.25, 0.3) is 0 Å². The number of rotatable bonds is 3. The predicted octanol–water partition coefficient (Wildman–Crippen LogP) is 3.60. The average molecular weight is 251 g/mol. The van der Waals surface area contributed by atoms with Gasteiger partial charge in [0.15, 0.2) is 0 Å². The number of piperidine rings is 1. The molecule has 0 N–H and O–H groups in total. The lowest BCUT2D eigenvalue weighted by molar-refractivity contribution is 0.0832. The van der Waals surface area contributed by atoms with Crippen LogP contribution in [0.2, 0.25) is 0 Å². The first kappa shape index (κ1) is 13.4. The van der Waals surface area contributed by atoms with Crippen molar-refractivity contribution in [2.75, 3.05) is 19.7 Å². The third kappa shape index (κ3) is 3.06. The second kappa shape index (κ2) is 6.26. The molecule has 3 heteroatoms. The number of hydrogen-bond donors (Lipinski definition) is 0. The summed E-state index contributed by atoms with van der Waals surface area (Å²) in [7, 11) is 0. The van der Waals surface area contributed by atoms with Crippen LogP contribution in [0.5, 0.6) is 0 Å². The van der Waals surface area contributed by atoms with Crippen LogP contribution in [0.15, 0.2) is 12.2 Å². The molecule has 102 valence electrons. The Morgan fingerprint density at radius 3 is 2.50 bits per heavy atom. The number of fused-ring (bicyclic) bond motifs is 2. The summed E-state index contributed by atoms with van der Waals surface area (Å²) in [5, 5.41) is 0. The zero-order chi connectivity index (χ0) is 13.0. The largest absolute Gasteiger partial charge is 0.449 e. The van der Waals surface area contributed by atoms with Crippen molar-refractivity contribution in [3.8, 4) is 0 Å². The molecule has 1 amide bonds. The molecule has 2 unspecified atom stereocenters. The Balaban J connectivity index is 1.91. The molecule has 1 aliphatic heterocycles. The lowest BCUT2D eigenvalue weighted by Gasteiger charge is -2.37. The van der Waals surface area contributed by atoms with Crippen molar-refractivity contribution in [1.29, 1.82) is 0 Å². The molecule has 0 spiro atoms. The summed E-state index contributed by atoms with van der Waals surface area (Å²) >= 11 is 0. The van der Waals surface area contributed by atoms with E-state index >= 15 is 0 Å². The van der Waals surface area contributed by atoms with Crippen LogP contribution >= 0.6 is 0 Å². The maximum Gasteiger partial charge on any atom is 0.409 e. The third-order valence-electron chi connectivity index (χ3n) is 4.27. The fourth-order valence-corrected chi connectivity index (χ4v) is 3.05. The van der Waals surface area contributed by atoms with Gasteiger partial charge in [-0.15, -0.1) is 0 Å². The van der Waals surface area contributed by atoms with Crippen molar-refractivity contribution >= 4 is 6.09 Å². The highest BCUT2D eigenvalue weighted by molar-refractivity contribution is 5.68. The Bertz CT molecular complexity index is 296. The molecular formula is C15H25NO2. The van der Waals surface area contributed by atoms with E-state index in [1.807, 2.05) is 4.90 Å². The van der Waals surface area contributed by atoms with Crippen LogP contribution in [0.4, 0.5) is 4.79 Å². The van der Waals surface area contributed by atoms with Crippen molar-refractivity contribution in [3.63, 3.8) is 0 Å². The third-order valence-corrected chi connectivity index (χ3v) is 4.27. The lowest BCUT2D eigenvalue weighted by Crippen LogP contribution is -2.44. The van der Waals surface area contributed by atoms with Crippen LogP contribution in [-0.2, 0) is 4.74 Å². The second-order valence-corrected chi connectivity index (χ2v) is 5.63. The minimum Gasteiger partial charge on any atom is -0.449 e. The van der Waals surface area contributed by atoms with E-state index in [0.717, 1.165) is 25.9 Å². The average Bonchev–Trinajstić information content (AvgIpc) is 2.49. The number of unbranched alkanes of at least 4 members (excludes halogenated alkanes) is 1. The SMILES string of the molecule is C=C1C2CCCCC1CN(C(=O)OCCCC)C2. The van der Waals surface area contributed by atoms with Crippen LogP contribution in [-0.4, -0.2) is 30.7 Å². The molecule has 0 aromatic rings. The van der Waals surface area contributed by atoms with Crippen LogP contribution in [0.3, 0.4) is 0 Å². The minimum atomic E-state index is -0.118. The number of hydrogen-bond acceptors (Lipinski definition) is 2. The molecular weight excluding hydrogens is 226 g/mol. The van der Waals surface area contributed by atoms with Gasteiger partial charge in [-0.25, -0.2) is 4.79 Å². The van der Waals surface area contributed by atoms with Gasteiger partial charge in [-0.3, -0.25) is 0 Å². The molecule has 2 bridgehead atoms. The lowest BCUT2D eigenvalue weighted by atomic mass is 9.83. The summed E-state index contributed by atoms with van der Waals surface area (Å²) in [5.41, 5.74) is 1.38. The molecule has 0 radical (unpaired) electrons. The molecule has 1 aliphatic carbocycles. The molecule has 1 heterocycles. The summed E-state index contributed by atoms with van der Waals surface area (Å²) in [6.07, 6.45) is 6.84. The van der Waals surface area contributed by atoms with Crippen molar-refractivity contribution < 1.29 is 9.53 Å². The molecule has 0 aromatic carbocycles. The van der Waals surface area contributed by atoms with Gasteiger partial charge in [0, 0.05) is 13.1 Å². The fourth-order valence-electron chi connectivity index (χ4n) is 3.05. The summed E-state index contributed by atoms with van der Waals surface area (Å²) < 4.78 is 5.32. The van der Waals surface area contributed by atoms with Gasteiger partial charge in [0.1, 0.15) is 0 Å². The Kier molecular flexibility index (Phi) is 4.67. The molecule has 2 aliphatic rings. The molecule has 18 heavy (non-hydrogen) atoms. The van der Waals surface area contributed by atoms with Crippen LogP contribution in [0, 0.1) is 11.8 Å². The van der Waals surface area contributed by atoms with Gasteiger partial charge in [-0.05, 0) is 31.1 Å². The van der Waals surface area contributed by atoms with Gasteiger partial charge in [0.2, 0.25) is 0 Å². The number of carbonyl (C=O) groups is 1. The van der Waals surface area contributed by atoms with Gasteiger partial charge in [0.05, 0.1) is 6.61 Å². The van der Waals surface area contributed by atoms with E-state index in [4.69, 9.17) is 4.74 Å². The first-order valence-corrected chi connectivity index (χ1v) is 7.32. The zero-order valence-electron chi connectivity index (χ0n) is 11.5. The van der Waals surface area contributed by atoms with E-state index in [9.17, 15) is 4.79 Å². The van der Waals surface area contributed by atoms with Crippen LogP contribution < -0.4 is 0 Å². The van der Waals surface area contributed by atoms with Gasteiger partial charge in [0.25, 0.3) is 0 Å². The molecule has 0 aromatic heterocycles. The Hall–Kier alpha value is -0.990. The summed E-state index contributed by atoms with van der Waals surface area (Å²) in [4.78, 5) is 13.9. The van der Waals surface area contributed by atoms with Gasteiger partial charge in [-0.1, -0.05) is 38.3 Å². The maximum atomic E-state index is 12.0. The monoisotopic (exact) mass is 251 g/mol. The van der Waals surface area contributed by atoms with Crippen molar-refractivity contribution in [2.24, 2.45) is 11.8 Å². The quantitative estimate of drug-likeness (QED) is 0.566. The van der Waals surface area contributed by atoms with Gasteiger partial charge < -0.3 is 9.64 Å². The topological polar surface area (TPSA) is 29.5 Å². The molecule has 2 rings (SSSR count). The van der Waals surface area contributed by atoms with E-state index < -0.39 is 0 Å². The molecule has 1 saturated heterocycles. The first-order chi connectivity index (χ1) is 8.72. The maximum absolute atomic E-state index is 12.0. The van der Waals surface area contributed by atoms with Gasteiger partial charge in [-0.2, -0.15) is 0 Å². The summed E-state index contributed by atoms with van der Waals surface area (Å²) in [6.45, 7) is 8.55. The first-order valence-electron chi connectivity index (χ1n) is 7.32. The van der Waals surface area contributed by atoms with Crippen molar-refractivity contribution in [1.82, 2.24) is 4.90 Å². The predicted molar refractivity (Wildman–Crippen MR) is 72.4 cm³/mol. The molecule has 2 atom stereocenters. The summed E-state index contributed by atoms with van der Waals surface area (Å²) in [6, 6.07) is 0. The van der Waals surface area contributed by atoms with Gasteiger partial charge >= 0.3 is 6.09 Å². The highest BCUT2D eigenvalue weighted by Crippen LogP contribution is 2.36. The van der Waals surface area contributed by atoms with E-state index in [0.29, 0.717) is 18.4 Å². The highest BCUT2D eigenvalue weighted by atomic mass is 16.6. The van der Waals surface area contributed by atoms with E-state index in [-0.39, 0.29) is 6.09 Å². The summed E-state index contributed by atoms with van der Waals surface area (Å²) in [5.74, 6) is 1.01. The Labute approximate surface area is 110 Å². The van der Waals surface area contributed by atoms with E-state index in [2.05, 4.69) is 13.5 Å². The second-order valence-electron chi connectivity index (χ2n) is 5.63. The smallest absolute Gasteiger partial charge is 0.409 e. The number of nitrogens with zero attached hydrogens (tertiary/aromatic N) is 1. The normalized spacial score (nSPS) is 27.8. The Morgan fingerprint density at radius 2 is 1.94 bits per heavy atom. The number of likely N-dealkylation sites (tertiary alicyclic amines) is 1. The molecule has 2 fully saturated rings. The Morgan fingerprint density at radius 1 is 1.33 bits per heavy atom. The molecule has 3 nitrogen and oxygen atoms in total. The van der Waals surface area contributed by atoms with E-state index in [1.165, 1.54) is 31.3 Å². The number of carbonyl (C=O) groups excluding carboxylic acids is 1. The minimum absolute atomic E-state index is 0.118. The zero-order valence-corrected chi connectivity index (χ0v) is 11.5. The van der Waals surface area contributed by atoms with Crippen LogP contribution in [0.1, 0.15) is 45.4 Å². The van der Waals surface area contributed by atoms with E-state index in [1.54, 1.807) is 0 Å². The number of amides is 1. The number of ether oxygens (including phenoxy) is 1. The van der Waals surface area contributed by atoms with Crippen molar-refractivity contribution in [3.05, 3.63) is 12.2 Å². The highest BCUT2D eigenvalue weighted by Gasteiger charge is 2.34. The van der Waals surface area contributed by atoms with Crippen molar-refractivity contribution in [2.45, 2.75) is 45.4 Å². The molecule has 1 saturated carbocycles. The standard InChI is InChI=1S/C15H25NO2/c1-3-4-9-18-15(17)16-10-13-7-5-6-8-14(11-16)12(13)2/h13-14H,2-11H2,1H3.